The fourth-order valence-corrected chi connectivity index (χ4v) is 3.10. The molecule has 1 heterocycles. The van der Waals surface area contributed by atoms with Crippen molar-refractivity contribution in [2.45, 2.75) is 12.8 Å². The van der Waals surface area contributed by atoms with Crippen molar-refractivity contribution >= 4 is 46.4 Å². The van der Waals surface area contributed by atoms with Crippen LogP contribution in [0.25, 0.3) is 10.8 Å². The highest BCUT2D eigenvalue weighted by Crippen LogP contribution is 2.43. The van der Waals surface area contributed by atoms with Crippen molar-refractivity contribution in [1.82, 2.24) is 0 Å². The third-order valence-electron chi connectivity index (χ3n) is 3.61. The second-order valence-corrected chi connectivity index (χ2v) is 5.26. The monoisotopic (exact) mass is 313 g/mol. The van der Waals surface area contributed by atoms with E-state index in [1.54, 1.807) is 11.0 Å². The van der Waals surface area contributed by atoms with Crippen LogP contribution in [-0.4, -0.2) is 12.5 Å². The number of benzene rings is 2. The molecule has 3 N–H and O–H groups in total. The molecule has 0 aromatic heterocycles. The minimum absolute atomic E-state index is 0. The molecule has 0 bridgehead atoms. The van der Waals surface area contributed by atoms with Gasteiger partial charge in [-0.05, 0) is 23.1 Å². The Bertz CT molecular complexity index is 702. The smallest absolute Gasteiger partial charge is 0.192 e. The summed E-state index contributed by atoms with van der Waals surface area (Å²) in [5.74, 6) is -0.258. The van der Waals surface area contributed by atoms with E-state index in [1.807, 2.05) is 19.1 Å². The van der Waals surface area contributed by atoms with Gasteiger partial charge in [-0.3, -0.25) is 5.41 Å². The molecule has 0 aliphatic carbocycles. The molecule has 20 heavy (non-hydrogen) atoms. The SMILES string of the molecule is CC1CN(C(=N)N)c2cc(F)c3c(Cl)cccc3c21.Cl. The van der Waals surface area contributed by atoms with Gasteiger partial charge in [-0.15, -0.1) is 12.4 Å². The van der Waals surface area contributed by atoms with E-state index in [-0.39, 0.29) is 30.1 Å². The van der Waals surface area contributed by atoms with Crippen LogP contribution in [0.3, 0.4) is 0 Å². The molecular formula is C14H14Cl2FN3. The Hall–Kier alpha value is -1.52. The molecule has 0 fully saturated rings. The van der Waals surface area contributed by atoms with Gasteiger partial charge >= 0.3 is 0 Å². The van der Waals surface area contributed by atoms with Crippen LogP contribution in [0.15, 0.2) is 24.3 Å². The predicted octanol–water partition coefficient (Wildman–Crippen LogP) is 3.87. The molecule has 1 aliphatic rings. The second kappa shape index (κ2) is 5.11. The molecule has 0 amide bonds. The Labute approximate surface area is 127 Å². The normalized spacial score (nSPS) is 16.9. The summed E-state index contributed by atoms with van der Waals surface area (Å²) in [4.78, 5) is 1.63. The van der Waals surface area contributed by atoms with Crippen LogP contribution < -0.4 is 10.6 Å². The molecule has 2 aromatic rings. The fourth-order valence-electron chi connectivity index (χ4n) is 2.83. The van der Waals surface area contributed by atoms with Crippen LogP contribution >= 0.6 is 24.0 Å². The summed E-state index contributed by atoms with van der Waals surface area (Å²) in [5.41, 5.74) is 7.24. The number of halogens is 3. The molecule has 0 radical (unpaired) electrons. The van der Waals surface area contributed by atoms with E-state index in [0.717, 1.165) is 10.9 Å². The van der Waals surface area contributed by atoms with Crippen molar-refractivity contribution in [3.05, 3.63) is 40.7 Å². The Morgan fingerprint density at radius 2 is 2.20 bits per heavy atom. The number of hydrogen-bond donors (Lipinski definition) is 2. The number of rotatable bonds is 0. The summed E-state index contributed by atoms with van der Waals surface area (Å²) < 4.78 is 14.2. The van der Waals surface area contributed by atoms with Gasteiger partial charge in [0.05, 0.1) is 10.7 Å². The number of anilines is 1. The van der Waals surface area contributed by atoms with Gasteiger partial charge < -0.3 is 10.6 Å². The Morgan fingerprint density at radius 3 is 2.85 bits per heavy atom. The first-order valence-electron chi connectivity index (χ1n) is 6.03. The van der Waals surface area contributed by atoms with Gasteiger partial charge in [0, 0.05) is 17.8 Å². The first-order valence-corrected chi connectivity index (χ1v) is 6.40. The van der Waals surface area contributed by atoms with E-state index < -0.39 is 0 Å². The van der Waals surface area contributed by atoms with Crippen molar-refractivity contribution < 1.29 is 4.39 Å². The maximum atomic E-state index is 14.2. The molecule has 6 heteroatoms. The van der Waals surface area contributed by atoms with Crippen molar-refractivity contribution in [1.29, 1.82) is 5.41 Å². The van der Waals surface area contributed by atoms with Crippen LogP contribution in [0.4, 0.5) is 10.1 Å². The van der Waals surface area contributed by atoms with Gasteiger partial charge in [0.2, 0.25) is 0 Å². The lowest BCUT2D eigenvalue weighted by Crippen LogP contribution is -2.35. The molecule has 1 aliphatic heterocycles. The van der Waals surface area contributed by atoms with Gasteiger partial charge in [0.15, 0.2) is 5.96 Å². The highest BCUT2D eigenvalue weighted by Gasteiger charge is 2.30. The molecule has 0 saturated carbocycles. The number of nitrogens with one attached hydrogen (secondary N) is 1. The third kappa shape index (κ3) is 2.00. The molecule has 3 nitrogen and oxygen atoms in total. The molecule has 2 aromatic carbocycles. The number of nitrogens with two attached hydrogens (primary N) is 1. The van der Waals surface area contributed by atoms with Gasteiger partial charge in [-0.1, -0.05) is 30.7 Å². The van der Waals surface area contributed by atoms with Gasteiger partial charge in [-0.25, -0.2) is 4.39 Å². The lowest BCUT2D eigenvalue weighted by atomic mass is 9.96. The Morgan fingerprint density at radius 1 is 1.50 bits per heavy atom. The fraction of sp³-hybridized carbons (Fsp3) is 0.214. The zero-order valence-electron chi connectivity index (χ0n) is 10.8. The molecule has 106 valence electrons. The van der Waals surface area contributed by atoms with Crippen molar-refractivity contribution in [2.75, 3.05) is 11.4 Å². The molecule has 0 saturated heterocycles. The highest BCUT2D eigenvalue weighted by molar-refractivity contribution is 6.35. The van der Waals surface area contributed by atoms with E-state index in [0.29, 0.717) is 22.6 Å². The van der Waals surface area contributed by atoms with E-state index in [1.165, 1.54) is 6.07 Å². The largest absolute Gasteiger partial charge is 0.370 e. The highest BCUT2D eigenvalue weighted by atomic mass is 35.5. The molecule has 1 unspecified atom stereocenters. The lowest BCUT2D eigenvalue weighted by molar-refractivity contribution is 0.640. The predicted molar refractivity (Wildman–Crippen MR) is 83.8 cm³/mol. The Kier molecular flexibility index (Phi) is 3.80. The van der Waals surface area contributed by atoms with Gasteiger partial charge in [-0.2, -0.15) is 0 Å². The summed E-state index contributed by atoms with van der Waals surface area (Å²) in [7, 11) is 0. The average molecular weight is 314 g/mol. The number of hydrogen-bond acceptors (Lipinski definition) is 1. The van der Waals surface area contributed by atoms with Crippen LogP contribution in [0.5, 0.6) is 0 Å². The third-order valence-corrected chi connectivity index (χ3v) is 3.93. The average Bonchev–Trinajstić information content (AvgIpc) is 2.67. The lowest BCUT2D eigenvalue weighted by Gasteiger charge is -2.17. The second-order valence-electron chi connectivity index (χ2n) is 4.85. The summed E-state index contributed by atoms with van der Waals surface area (Å²) in [6, 6.07) is 6.78. The van der Waals surface area contributed by atoms with Crippen LogP contribution in [-0.2, 0) is 0 Å². The van der Waals surface area contributed by atoms with Crippen molar-refractivity contribution in [3.8, 4) is 0 Å². The van der Waals surface area contributed by atoms with Gasteiger partial charge in [0.25, 0.3) is 0 Å². The van der Waals surface area contributed by atoms with Crippen LogP contribution in [0, 0.1) is 11.2 Å². The molecule has 0 spiro atoms. The molecule has 3 rings (SSSR count). The molecular weight excluding hydrogens is 300 g/mol. The summed E-state index contributed by atoms with van der Waals surface area (Å²) >= 11 is 6.09. The van der Waals surface area contributed by atoms with Crippen molar-refractivity contribution in [2.24, 2.45) is 5.73 Å². The van der Waals surface area contributed by atoms with Crippen molar-refractivity contribution in [3.63, 3.8) is 0 Å². The first-order chi connectivity index (χ1) is 9.00. The maximum absolute atomic E-state index is 14.2. The quantitative estimate of drug-likeness (QED) is 0.573. The zero-order chi connectivity index (χ0) is 13.7. The standard InChI is InChI=1S/C14H13ClFN3.ClH/c1-7-6-19(14(17)18)11-5-10(16)13-8(12(7)11)3-2-4-9(13)15;/h2-5,7H,6H2,1H3,(H3,17,18);1H. The first kappa shape index (κ1) is 14.9. The number of guanidine groups is 1. The minimum Gasteiger partial charge on any atom is -0.370 e. The van der Waals surface area contributed by atoms with Crippen LogP contribution in [0.1, 0.15) is 18.4 Å². The summed E-state index contributed by atoms with van der Waals surface area (Å²) in [6.45, 7) is 2.63. The minimum atomic E-state index is -0.375. The maximum Gasteiger partial charge on any atom is 0.192 e. The van der Waals surface area contributed by atoms with E-state index in [2.05, 4.69) is 0 Å². The van der Waals surface area contributed by atoms with E-state index in [4.69, 9.17) is 22.7 Å². The topological polar surface area (TPSA) is 53.1 Å². The summed E-state index contributed by atoms with van der Waals surface area (Å²) in [6.07, 6.45) is 0. The molecule has 1 atom stereocenters. The van der Waals surface area contributed by atoms with Crippen LogP contribution in [0.2, 0.25) is 5.02 Å². The van der Waals surface area contributed by atoms with Gasteiger partial charge in [0.1, 0.15) is 5.82 Å². The Balaban J connectivity index is 0.00000147. The van der Waals surface area contributed by atoms with E-state index >= 15 is 0 Å². The number of fused-ring (bicyclic) bond motifs is 3. The number of nitrogens with zero attached hydrogens (tertiary/aromatic N) is 1. The van der Waals surface area contributed by atoms with E-state index in [9.17, 15) is 4.39 Å². The summed E-state index contributed by atoms with van der Waals surface area (Å²) in [5, 5.41) is 9.25. The zero-order valence-corrected chi connectivity index (χ0v) is 12.4.